The largest absolute Gasteiger partial charge is 0.338 e. The van der Waals surface area contributed by atoms with Gasteiger partial charge in [-0.1, -0.05) is 11.6 Å². The highest BCUT2D eigenvalue weighted by Gasteiger charge is 2.31. The number of anilines is 1. The number of non-ortho nitro benzene ring substituents is 2. The molecule has 0 spiro atoms. The molecule has 0 aliphatic carbocycles. The molecule has 0 unspecified atom stereocenters. The molecule has 0 aromatic heterocycles. The van der Waals surface area contributed by atoms with Gasteiger partial charge in [0.05, 0.1) is 20.6 Å². The van der Waals surface area contributed by atoms with Gasteiger partial charge in [0.25, 0.3) is 21.4 Å². The van der Waals surface area contributed by atoms with Crippen LogP contribution in [-0.2, 0) is 10.0 Å². The molecule has 0 atom stereocenters. The first-order valence-electron chi connectivity index (χ1n) is 6.54. The second kappa shape index (κ2) is 5.79. The standard InChI is InChI=1S/C13H7ClN4O6S/c14-10-5-7(17(19)20)2-4-11(10)15-13-9-3-1-8(18(21)22)6-12(9)25(23,24)16-13/h1-6H,(H,15,16). The van der Waals surface area contributed by atoms with E-state index in [1.54, 1.807) is 0 Å². The molecule has 1 N–H and O–H groups in total. The Morgan fingerprint density at radius 1 is 1.00 bits per heavy atom. The van der Waals surface area contributed by atoms with Gasteiger partial charge in [-0.25, -0.2) is 0 Å². The van der Waals surface area contributed by atoms with Crippen LogP contribution in [0, 0.1) is 20.2 Å². The highest BCUT2D eigenvalue weighted by molar-refractivity contribution is 7.90. The first kappa shape index (κ1) is 16.8. The summed E-state index contributed by atoms with van der Waals surface area (Å²) < 4.78 is 27.7. The van der Waals surface area contributed by atoms with Gasteiger partial charge >= 0.3 is 0 Å². The lowest BCUT2D eigenvalue weighted by molar-refractivity contribution is -0.385. The zero-order valence-electron chi connectivity index (χ0n) is 12.0. The molecule has 128 valence electrons. The van der Waals surface area contributed by atoms with E-state index in [1.165, 1.54) is 18.2 Å². The lowest BCUT2D eigenvalue weighted by Crippen LogP contribution is -2.12. The number of halogens is 1. The van der Waals surface area contributed by atoms with Crippen molar-refractivity contribution in [2.45, 2.75) is 4.90 Å². The quantitative estimate of drug-likeness (QED) is 0.634. The van der Waals surface area contributed by atoms with Gasteiger partial charge in [0, 0.05) is 29.8 Å². The van der Waals surface area contributed by atoms with E-state index in [-0.39, 0.29) is 38.4 Å². The molecule has 0 saturated heterocycles. The van der Waals surface area contributed by atoms with Crippen LogP contribution in [0.3, 0.4) is 0 Å². The van der Waals surface area contributed by atoms with E-state index in [2.05, 4.69) is 9.71 Å². The fourth-order valence-corrected chi connectivity index (χ4v) is 3.61. The van der Waals surface area contributed by atoms with E-state index in [9.17, 15) is 28.6 Å². The molecule has 12 heteroatoms. The average Bonchev–Trinajstić information content (AvgIpc) is 2.79. The second-order valence-corrected chi connectivity index (χ2v) is 6.88. The number of sulfonamides is 1. The number of amidine groups is 1. The van der Waals surface area contributed by atoms with Crippen LogP contribution < -0.4 is 5.32 Å². The molecule has 1 aliphatic heterocycles. The van der Waals surface area contributed by atoms with Crippen LogP contribution in [0.25, 0.3) is 0 Å². The lowest BCUT2D eigenvalue weighted by Gasteiger charge is -2.08. The van der Waals surface area contributed by atoms with Crippen molar-refractivity contribution in [2.24, 2.45) is 4.40 Å². The van der Waals surface area contributed by atoms with Crippen LogP contribution in [-0.4, -0.2) is 24.1 Å². The highest BCUT2D eigenvalue weighted by Crippen LogP contribution is 2.32. The lowest BCUT2D eigenvalue weighted by atomic mass is 10.1. The predicted octanol–water partition coefficient (Wildman–Crippen LogP) is 2.72. The van der Waals surface area contributed by atoms with Gasteiger partial charge in [0.2, 0.25) is 0 Å². The molecule has 2 aromatic rings. The number of nitro benzene ring substituents is 2. The summed E-state index contributed by atoms with van der Waals surface area (Å²) >= 11 is 5.96. The molecule has 0 radical (unpaired) electrons. The van der Waals surface area contributed by atoms with Gasteiger partial charge in [0.15, 0.2) is 5.84 Å². The topological polar surface area (TPSA) is 145 Å². The minimum atomic E-state index is -4.10. The number of benzene rings is 2. The molecule has 2 aromatic carbocycles. The Hall–Kier alpha value is -3.05. The van der Waals surface area contributed by atoms with Crippen molar-refractivity contribution < 1.29 is 18.3 Å². The Morgan fingerprint density at radius 3 is 2.20 bits per heavy atom. The number of nitro groups is 2. The Kier molecular flexibility index (Phi) is 3.89. The Morgan fingerprint density at radius 2 is 1.60 bits per heavy atom. The van der Waals surface area contributed by atoms with Gasteiger partial charge in [0.1, 0.15) is 4.90 Å². The fraction of sp³-hybridized carbons (Fsp3) is 0. The predicted molar refractivity (Wildman–Crippen MR) is 88.5 cm³/mol. The number of nitrogens with one attached hydrogen (secondary N) is 1. The number of hydrogen-bond acceptors (Lipinski definition) is 7. The monoisotopic (exact) mass is 382 g/mol. The van der Waals surface area contributed by atoms with E-state index in [1.807, 2.05) is 0 Å². The zero-order chi connectivity index (χ0) is 18.4. The van der Waals surface area contributed by atoms with E-state index < -0.39 is 19.9 Å². The van der Waals surface area contributed by atoms with Crippen LogP contribution in [0.5, 0.6) is 0 Å². The summed E-state index contributed by atoms with van der Waals surface area (Å²) in [6.45, 7) is 0. The summed E-state index contributed by atoms with van der Waals surface area (Å²) in [6.07, 6.45) is 0. The summed E-state index contributed by atoms with van der Waals surface area (Å²) in [6, 6.07) is 6.91. The van der Waals surface area contributed by atoms with Crippen LogP contribution in [0.1, 0.15) is 5.56 Å². The van der Waals surface area contributed by atoms with Gasteiger partial charge in [-0.3, -0.25) is 20.2 Å². The molecule has 1 heterocycles. The average molecular weight is 383 g/mol. The summed E-state index contributed by atoms with van der Waals surface area (Å²) in [5.41, 5.74) is -0.271. The molecule has 0 saturated carbocycles. The summed E-state index contributed by atoms with van der Waals surface area (Å²) in [5.74, 6) is -0.0827. The third kappa shape index (κ3) is 3.02. The van der Waals surface area contributed by atoms with Gasteiger partial charge in [-0.15, -0.1) is 4.40 Å². The van der Waals surface area contributed by atoms with Gasteiger partial charge < -0.3 is 5.32 Å². The molecular weight excluding hydrogens is 376 g/mol. The van der Waals surface area contributed by atoms with Crippen molar-refractivity contribution in [3.63, 3.8) is 0 Å². The first-order chi connectivity index (χ1) is 11.7. The van der Waals surface area contributed by atoms with Crippen LogP contribution >= 0.6 is 11.6 Å². The van der Waals surface area contributed by atoms with Crippen molar-refractivity contribution in [2.75, 3.05) is 5.32 Å². The van der Waals surface area contributed by atoms with Crippen LogP contribution in [0.4, 0.5) is 17.1 Å². The zero-order valence-corrected chi connectivity index (χ0v) is 13.6. The van der Waals surface area contributed by atoms with Crippen molar-refractivity contribution in [1.29, 1.82) is 0 Å². The maximum absolute atomic E-state index is 12.1. The molecule has 0 amide bonds. The second-order valence-electron chi connectivity index (χ2n) is 4.90. The number of hydrogen-bond donors (Lipinski definition) is 1. The smallest absolute Gasteiger partial charge is 0.285 e. The Labute approximate surface area is 145 Å². The van der Waals surface area contributed by atoms with Crippen molar-refractivity contribution in [1.82, 2.24) is 0 Å². The maximum Gasteiger partial charge on any atom is 0.285 e. The van der Waals surface area contributed by atoms with Crippen molar-refractivity contribution in [3.05, 3.63) is 67.2 Å². The minimum absolute atomic E-state index is 0.00957. The highest BCUT2D eigenvalue weighted by atomic mass is 35.5. The molecule has 25 heavy (non-hydrogen) atoms. The summed E-state index contributed by atoms with van der Waals surface area (Å²) in [5, 5.41) is 24.2. The van der Waals surface area contributed by atoms with E-state index in [0.29, 0.717) is 0 Å². The van der Waals surface area contributed by atoms with Gasteiger partial charge in [-0.2, -0.15) is 8.42 Å². The Balaban J connectivity index is 2.01. The van der Waals surface area contributed by atoms with E-state index >= 15 is 0 Å². The number of fused-ring (bicyclic) bond motifs is 1. The van der Waals surface area contributed by atoms with Gasteiger partial charge in [-0.05, 0) is 12.1 Å². The maximum atomic E-state index is 12.1. The number of rotatable bonds is 3. The van der Waals surface area contributed by atoms with Crippen LogP contribution in [0.2, 0.25) is 5.02 Å². The van der Waals surface area contributed by atoms with E-state index in [0.717, 1.165) is 18.2 Å². The normalized spacial score (nSPS) is 14.5. The molecule has 3 rings (SSSR count). The van der Waals surface area contributed by atoms with Crippen molar-refractivity contribution >= 4 is 44.5 Å². The first-order valence-corrected chi connectivity index (χ1v) is 8.35. The van der Waals surface area contributed by atoms with Crippen molar-refractivity contribution in [3.8, 4) is 0 Å². The summed E-state index contributed by atoms with van der Waals surface area (Å²) in [4.78, 5) is 19.9. The summed E-state index contributed by atoms with van der Waals surface area (Å²) in [7, 11) is -4.10. The third-order valence-corrected chi connectivity index (χ3v) is 4.97. The molecule has 0 bridgehead atoms. The molecular formula is C13H7ClN4O6S. The SMILES string of the molecule is O=[N+]([O-])c1ccc(NC2=NS(=O)(=O)c3cc([N+](=O)[O-])ccc32)c(Cl)c1. The van der Waals surface area contributed by atoms with E-state index in [4.69, 9.17) is 11.6 Å². The molecule has 1 aliphatic rings. The number of nitrogens with zero attached hydrogens (tertiary/aromatic N) is 3. The molecule has 0 fully saturated rings. The Bertz CT molecular complexity index is 1070. The van der Waals surface area contributed by atoms with Crippen LogP contribution in [0.15, 0.2) is 45.7 Å². The third-order valence-electron chi connectivity index (χ3n) is 3.34. The minimum Gasteiger partial charge on any atom is -0.338 e. The molecule has 10 nitrogen and oxygen atoms in total. The fourth-order valence-electron chi connectivity index (χ4n) is 2.19.